The van der Waals surface area contributed by atoms with Crippen molar-refractivity contribution in [3.05, 3.63) is 185 Å². The van der Waals surface area contributed by atoms with E-state index >= 15 is 0 Å². The molecule has 0 unspecified atom stereocenters. The van der Waals surface area contributed by atoms with Crippen LogP contribution in [0.4, 0.5) is 17.1 Å². The molecule has 8 aromatic rings. The van der Waals surface area contributed by atoms with E-state index in [0.717, 1.165) is 28.2 Å². The Bertz CT molecular complexity index is 2960. The van der Waals surface area contributed by atoms with E-state index in [1.807, 2.05) is 6.07 Å². The van der Waals surface area contributed by atoms with Gasteiger partial charge in [0.2, 0.25) is 0 Å². The molecule has 0 aromatic heterocycles. The number of hydrogen-bond acceptors (Lipinski definition) is 1. The topological polar surface area (TPSA) is 3.24 Å². The van der Waals surface area contributed by atoms with Gasteiger partial charge in [0.05, 0.1) is 2.74 Å². The molecule has 0 bridgehead atoms. The second-order valence-corrected chi connectivity index (χ2v) is 18.1. The summed E-state index contributed by atoms with van der Waals surface area (Å²) in [5.74, 6) is 0. The fraction of sp³-hybridized carbons (Fsp3) is 0.200. The molecule has 1 aliphatic carbocycles. The van der Waals surface area contributed by atoms with E-state index in [2.05, 4.69) is 206 Å². The Labute approximate surface area is 335 Å². The quantitative estimate of drug-likeness (QED) is 0.126. The molecule has 0 N–H and O–H groups in total. The first-order valence-electron chi connectivity index (χ1n) is 20.9. The summed E-state index contributed by atoms with van der Waals surface area (Å²) in [6.45, 7) is 18.3. The predicted octanol–water partition coefficient (Wildman–Crippen LogP) is 15.7. The Kier molecular flexibility index (Phi) is 7.82. The van der Waals surface area contributed by atoms with Gasteiger partial charge in [0.1, 0.15) is 0 Å². The zero-order chi connectivity index (χ0) is 40.7. The third-order valence-electron chi connectivity index (χ3n) is 11.8. The molecule has 0 aliphatic heterocycles. The summed E-state index contributed by atoms with van der Waals surface area (Å²) >= 11 is 0. The molecule has 8 aromatic carbocycles. The number of rotatable bonds is 5. The van der Waals surface area contributed by atoms with Crippen LogP contribution >= 0.6 is 0 Å². The van der Waals surface area contributed by atoms with Crippen LogP contribution in [-0.2, 0) is 16.2 Å². The normalized spacial score (nSPS) is 14.6. The molecule has 1 heteroatoms. The van der Waals surface area contributed by atoms with Crippen molar-refractivity contribution in [3.63, 3.8) is 0 Å². The van der Waals surface area contributed by atoms with Crippen LogP contribution in [0.2, 0.25) is 0 Å². The maximum Gasteiger partial charge on any atom is 0.0629 e. The smallest absolute Gasteiger partial charge is 0.0629 e. The molecule has 1 aliphatic rings. The summed E-state index contributed by atoms with van der Waals surface area (Å²) in [5, 5.41) is 7.37. The molecular formula is C55H51N. The maximum atomic E-state index is 9.50. The van der Waals surface area contributed by atoms with Gasteiger partial charge >= 0.3 is 0 Å². The molecule has 0 atom stereocenters. The van der Waals surface area contributed by atoms with Gasteiger partial charge in [-0.1, -0.05) is 177 Å². The number of hydrogen-bond donors (Lipinski definition) is 0. The Morgan fingerprint density at radius 2 is 0.946 bits per heavy atom. The van der Waals surface area contributed by atoms with E-state index in [4.69, 9.17) is 0 Å². The molecule has 276 valence electrons. The summed E-state index contributed by atoms with van der Waals surface area (Å²) in [6, 6.07) is 54.7. The fourth-order valence-electron chi connectivity index (χ4n) is 9.30. The standard InChI is InChI=1S/C55H51N/c1-53(2,3)51-45-20-14-15-21-46(45)52(54(4,5)6)48-32-36(25-30-47(48)51)22-23-37-24-29-43-44-31-28-42(35-50(44)55(7,8)49(43)33-37)56(40-18-10-9-11-19-40)41-27-26-38-16-12-13-17-39(38)34-41/h9-35H,1-8H3/b23-22+/i22D,23D. The van der Waals surface area contributed by atoms with Gasteiger partial charge < -0.3 is 4.90 Å². The van der Waals surface area contributed by atoms with Gasteiger partial charge in [0.15, 0.2) is 0 Å². The van der Waals surface area contributed by atoms with Crippen LogP contribution in [0.25, 0.3) is 55.5 Å². The number of para-hydroxylation sites is 1. The molecule has 0 spiro atoms. The predicted molar refractivity (Wildman–Crippen MR) is 244 cm³/mol. The molecule has 0 radical (unpaired) electrons. The first kappa shape index (κ1) is 33.4. The van der Waals surface area contributed by atoms with Gasteiger partial charge in [-0.25, -0.2) is 0 Å². The van der Waals surface area contributed by atoms with E-state index < -0.39 is 0 Å². The van der Waals surface area contributed by atoms with Crippen LogP contribution < -0.4 is 4.90 Å². The van der Waals surface area contributed by atoms with E-state index in [1.54, 1.807) is 0 Å². The van der Waals surface area contributed by atoms with Gasteiger partial charge in [-0.15, -0.1) is 0 Å². The second-order valence-electron chi connectivity index (χ2n) is 18.1. The van der Waals surface area contributed by atoms with Gasteiger partial charge in [0, 0.05) is 22.5 Å². The van der Waals surface area contributed by atoms with Gasteiger partial charge in [-0.2, -0.15) is 0 Å². The highest BCUT2D eigenvalue weighted by Gasteiger charge is 2.36. The zero-order valence-corrected chi connectivity index (χ0v) is 33.9. The number of fused-ring (bicyclic) bond motifs is 6. The molecule has 0 fully saturated rings. The lowest BCUT2D eigenvalue weighted by Gasteiger charge is -2.30. The molecule has 0 saturated carbocycles. The summed E-state index contributed by atoms with van der Waals surface area (Å²) in [6.07, 6.45) is 0. The van der Waals surface area contributed by atoms with Crippen LogP contribution in [0.5, 0.6) is 0 Å². The first-order valence-corrected chi connectivity index (χ1v) is 19.9. The minimum Gasteiger partial charge on any atom is -0.310 e. The van der Waals surface area contributed by atoms with E-state index in [9.17, 15) is 2.74 Å². The van der Waals surface area contributed by atoms with Crippen molar-refractivity contribution in [2.45, 2.75) is 71.6 Å². The minimum absolute atomic E-state index is 0.0815. The van der Waals surface area contributed by atoms with Crippen LogP contribution in [0.1, 0.15) is 91.5 Å². The lowest BCUT2D eigenvalue weighted by Crippen LogP contribution is -2.17. The first-order chi connectivity index (χ1) is 27.6. The van der Waals surface area contributed by atoms with Crippen LogP contribution in [-0.4, -0.2) is 0 Å². The summed E-state index contributed by atoms with van der Waals surface area (Å²) < 4.78 is 19.0. The van der Waals surface area contributed by atoms with Crippen LogP contribution in [0, 0.1) is 0 Å². The minimum atomic E-state index is -0.320. The molecular weight excluding hydrogens is 675 g/mol. The molecule has 0 amide bonds. The Balaban J connectivity index is 1.13. The largest absolute Gasteiger partial charge is 0.310 e. The number of anilines is 3. The van der Waals surface area contributed by atoms with Crippen molar-refractivity contribution in [3.8, 4) is 11.1 Å². The average Bonchev–Trinajstić information content (AvgIpc) is 3.43. The SMILES string of the molecule is [2H]/C(=C(/[2H])c1ccc2c(C(C)(C)C)c3ccccc3c(C(C)(C)C)c2c1)c1ccc2c(c1)C(C)(C)c1cc(N(c3ccccc3)c3ccc4ccccc4c3)ccc1-2. The van der Waals surface area contributed by atoms with Crippen molar-refractivity contribution < 1.29 is 2.74 Å². The zero-order valence-electron chi connectivity index (χ0n) is 35.9. The van der Waals surface area contributed by atoms with Gasteiger partial charge in [0.25, 0.3) is 0 Å². The third-order valence-corrected chi connectivity index (χ3v) is 11.8. The van der Waals surface area contributed by atoms with E-state index in [0.29, 0.717) is 0 Å². The lowest BCUT2D eigenvalue weighted by atomic mass is 9.74. The van der Waals surface area contributed by atoms with Crippen molar-refractivity contribution in [2.75, 3.05) is 4.90 Å². The average molecular weight is 728 g/mol. The highest BCUT2D eigenvalue weighted by molar-refractivity contribution is 6.08. The Morgan fingerprint density at radius 3 is 1.62 bits per heavy atom. The lowest BCUT2D eigenvalue weighted by molar-refractivity contribution is 0.593. The van der Waals surface area contributed by atoms with Crippen molar-refractivity contribution in [2.24, 2.45) is 0 Å². The number of benzene rings is 8. The van der Waals surface area contributed by atoms with Gasteiger partial charge in [-0.05, 0) is 130 Å². The summed E-state index contributed by atoms with van der Waals surface area (Å²) in [7, 11) is 0. The van der Waals surface area contributed by atoms with Crippen LogP contribution in [0.3, 0.4) is 0 Å². The second kappa shape index (κ2) is 13.1. The van der Waals surface area contributed by atoms with Crippen molar-refractivity contribution >= 4 is 61.5 Å². The monoisotopic (exact) mass is 727 g/mol. The maximum absolute atomic E-state index is 9.50. The van der Waals surface area contributed by atoms with E-state index in [-0.39, 0.29) is 28.3 Å². The Morgan fingerprint density at radius 1 is 0.446 bits per heavy atom. The highest BCUT2D eigenvalue weighted by Crippen LogP contribution is 2.51. The Hall–Kier alpha value is -5.92. The molecule has 9 rings (SSSR count). The van der Waals surface area contributed by atoms with Crippen molar-refractivity contribution in [1.29, 1.82) is 0 Å². The van der Waals surface area contributed by atoms with Crippen LogP contribution in [0.15, 0.2) is 152 Å². The molecule has 1 nitrogen and oxygen atoms in total. The van der Waals surface area contributed by atoms with Gasteiger partial charge in [-0.3, -0.25) is 0 Å². The van der Waals surface area contributed by atoms with E-state index in [1.165, 1.54) is 65.7 Å². The number of nitrogens with zero attached hydrogens (tertiary/aromatic N) is 1. The third kappa shape index (κ3) is 6.02. The summed E-state index contributed by atoms with van der Waals surface area (Å²) in [5.41, 5.74) is 11.8. The fourth-order valence-corrected chi connectivity index (χ4v) is 9.30. The van der Waals surface area contributed by atoms with Crippen molar-refractivity contribution in [1.82, 2.24) is 0 Å². The summed E-state index contributed by atoms with van der Waals surface area (Å²) in [4.78, 5) is 2.34. The highest BCUT2D eigenvalue weighted by atomic mass is 15.1. The molecule has 0 saturated heterocycles. The molecule has 56 heavy (non-hydrogen) atoms. The molecule has 0 heterocycles.